The number of benzene rings is 2. The number of rotatable bonds is 2. The molecule has 0 spiro atoms. The van der Waals surface area contributed by atoms with Crippen LogP contribution in [0.3, 0.4) is 0 Å². The standard InChI is InChI=1S/C17H11N6/c1-2-6-11-10(5-1)18-16(19-11)14-9-15(23-22-14)17-20-12-7-3-4-8-13(12)21-17/h1-9H,(H2-,18,19,20,21,22,23)/q-1. The Labute approximate surface area is 130 Å². The Balaban J connectivity index is 1.59. The van der Waals surface area contributed by atoms with Gasteiger partial charge in [0.15, 0.2) is 5.82 Å². The number of hydrogen-bond donors (Lipinski definition) is 2. The van der Waals surface area contributed by atoms with Crippen molar-refractivity contribution in [3.8, 4) is 23.0 Å². The van der Waals surface area contributed by atoms with Gasteiger partial charge in [-0.2, -0.15) is 5.10 Å². The van der Waals surface area contributed by atoms with Crippen molar-refractivity contribution in [1.29, 1.82) is 0 Å². The molecule has 3 heterocycles. The third-order valence-electron chi connectivity index (χ3n) is 3.79. The Kier molecular flexibility index (Phi) is 2.40. The molecule has 6 heteroatoms. The molecule has 0 radical (unpaired) electrons. The highest BCUT2D eigenvalue weighted by Crippen LogP contribution is 2.23. The van der Waals surface area contributed by atoms with Gasteiger partial charge in [-0.05, 0) is 35.1 Å². The first-order valence-electron chi connectivity index (χ1n) is 7.27. The number of fused-ring (bicyclic) bond motifs is 2. The van der Waals surface area contributed by atoms with Gasteiger partial charge in [0.2, 0.25) is 0 Å². The van der Waals surface area contributed by atoms with Crippen LogP contribution in [-0.4, -0.2) is 25.1 Å². The summed E-state index contributed by atoms with van der Waals surface area (Å²) in [6.07, 6.45) is 0. The van der Waals surface area contributed by atoms with Crippen molar-refractivity contribution in [3.63, 3.8) is 0 Å². The highest BCUT2D eigenvalue weighted by atomic mass is 15.2. The highest BCUT2D eigenvalue weighted by Gasteiger charge is 2.08. The average molecular weight is 299 g/mol. The number of para-hydroxylation sites is 4. The van der Waals surface area contributed by atoms with Gasteiger partial charge < -0.3 is 15.0 Å². The third kappa shape index (κ3) is 1.92. The molecule has 3 aromatic heterocycles. The molecule has 0 bridgehead atoms. The fraction of sp³-hybridized carbons (Fsp3) is 0. The van der Waals surface area contributed by atoms with E-state index >= 15 is 0 Å². The van der Waals surface area contributed by atoms with Crippen molar-refractivity contribution in [2.45, 2.75) is 0 Å². The van der Waals surface area contributed by atoms with E-state index in [2.05, 4.69) is 30.1 Å². The van der Waals surface area contributed by atoms with Gasteiger partial charge in [0.1, 0.15) is 5.69 Å². The van der Waals surface area contributed by atoms with E-state index in [4.69, 9.17) is 0 Å². The minimum Gasteiger partial charge on any atom is -0.434 e. The van der Waals surface area contributed by atoms with Crippen molar-refractivity contribution >= 4 is 22.1 Å². The topological polar surface area (TPSA) is 84.4 Å². The van der Waals surface area contributed by atoms with Gasteiger partial charge >= 0.3 is 0 Å². The predicted octanol–water partition coefficient (Wildman–Crippen LogP) is 3.13. The van der Waals surface area contributed by atoms with Crippen molar-refractivity contribution < 1.29 is 0 Å². The Morgan fingerprint density at radius 2 is 1.70 bits per heavy atom. The van der Waals surface area contributed by atoms with E-state index in [9.17, 15) is 0 Å². The molecule has 110 valence electrons. The quantitative estimate of drug-likeness (QED) is 0.524. The van der Waals surface area contributed by atoms with Gasteiger partial charge in [-0.25, -0.2) is 4.98 Å². The summed E-state index contributed by atoms with van der Waals surface area (Å²) in [5.41, 5.74) is 5.18. The molecule has 0 aliphatic heterocycles. The smallest absolute Gasteiger partial charge is 0.156 e. The molecule has 0 aliphatic carbocycles. The van der Waals surface area contributed by atoms with Crippen LogP contribution in [0.25, 0.3) is 45.1 Å². The number of hydrogen-bond acceptors (Lipinski definition) is 3. The summed E-state index contributed by atoms with van der Waals surface area (Å²) in [6, 6.07) is 17.6. The molecule has 0 amide bonds. The van der Waals surface area contributed by atoms with Crippen LogP contribution in [0.15, 0.2) is 54.6 Å². The van der Waals surface area contributed by atoms with E-state index < -0.39 is 0 Å². The van der Waals surface area contributed by atoms with E-state index in [1.54, 1.807) is 0 Å². The van der Waals surface area contributed by atoms with Crippen LogP contribution in [0.4, 0.5) is 0 Å². The Morgan fingerprint density at radius 1 is 0.870 bits per heavy atom. The molecule has 23 heavy (non-hydrogen) atoms. The van der Waals surface area contributed by atoms with Crippen LogP contribution in [-0.2, 0) is 0 Å². The normalized spacial score (nSPS) is 11.5. The zero-order chi connectivity index (χ0) is 15.2. The maximum Gasteiger partial charge on any atom is 0.156 e. The molecule has 5 rings (SSSR count). The maximum absolute atomic E-state index is 4.57. The molecule has 0 unspecified atom stereocenters. The van der Waals surface area contributed by atoms with Gasteiger partial charge in [-0.3, -0.25) is 5.10 Å². The summed E-state index contributed by atoms with van der Waals surface area (Å²) < 4.78 is 0. The Bertz CT molecular complexity index is 976. The van der Waals surface area contributed by atoms with Crippen molar-refractivity contribution in [3.05, 3.63) is 54.6 Å². The van der Waals surface area contributed by atoms with E-state index in [1.165, 1.54) is 0 Å². The van der Waals surface area contributed by atoms with Gasteiger partial charge in [0.05, 0.1) is 16.7 Å². The molecular formula is C17H11N6-. The van der Waals surface area contributed by atoms with Gasteiger partial charge in [0.25, 0.3) is 0 Å². The Hall–Kier alpha value is -3.41. The van der Waals surface area contributed by atoms with Crippen LogP contribution >= 0.6 is 0 Å². The van der Waals surface area contributed by atoms with Crippen molar-refractivity contribution in [1.82, 2.24) is 30.1 Å². The lowest BCUT2D eigenvalue weighted by Gasteiger charge is -1.95. The first-order chi connectivity index (χ1) is 11.4. The molecule has 0 saturated carbocycles. The molecule has 2 N–H and O–H groups in total. The average Bonchev–Trinajstić information content (AvgIpc) is 3.30. The highest BCUT2D eigenvalue weighted by molar-refractivity contribution is 5.80. The lowest BCUT2D eigenvalue weighted by atomic mass is 10.3. The summed E-state index contributed by atoms with van der Waals surface area (Å²) in [7, 11) is 0. The summed E-state index contributed by atoms with van der Waals surface area (Å²) in [4.78, 5) is 16.9. The third-order valence-corrected chi connectivity index (χ3v) is 3.79. The number of nitrogens with zero attached hydrogens (tertiary/aromatic N) is 4. The molecule has 0 atom stereocenters. The number of aromatic nitrogens is 6. The second-order valence-electron chi connectivity index (χ2n) is 5.31. The summed E-state index contributed by atoms with van der Waals surface area (Å²) >= 11 is 0. The number of H-pyrrole nitrogens is 2. The zero-order valence-electron chi connectivity index (χ0n) is 12.0. The molecule has 5 aromatic rings. The molecule has 0 saturated heterocycles. The number of nitrogens with one attached hydrogen (secondary N) is 2. The number of aromatic amines is 2. The van der Waals surface area contributed by atoms with E-state index in [1.807, 2.05) is 54.6 Å². The van der Waals surface area contributed by atoms with Gasteiger partial charge in [-0.15, -0.1) is 0 Å². The minimum absolute atomic E-state index is 0.616. The van der Waals surface area contributed by atoms with Gasteiger partial charge in [0, 0.05) is 0 Å². The number of imidazole rings is 2. The second kappa shape index (κ2) is 4.54. The summed E-state index contributed by atoms with van der Waals surface area (Å²) in [6.45, 7) is 0. The maximum atomic E-state index is 4.57. The first-order valence-corrected chi connectivity index (χ1v) is 7.27. The molecule has 0 fully saturated rings. The van der Waals surface area contributed by atoms with Crippen molar-refractivity contribution in [2.24, 2.45) is 0 Å². The zero-order valence-corrected chi connectivity index (χ0v) is 12.0. The Morgan fingerprint density at radius 3 is 2.57 bits per heavy atom. The predicted molar refractivity (Wildman–Crippen MR) is 87.7 cm³/mol. The lowest BCUT2D eigenvalue weighted by Crippen LogP contribution is -1.81. The molecule has 2 aromatic carbocycles. The molecule has 6 nitrogen and oxygen atoms in total. The molecule has 0 aliphatic rings. The minimum atomic E-state index is 0.616. The van der Waals surface area contributed by atoms with E-state index in [0.717, 1.165) is 33.6 Å². The second-order valence-corrected chi connectivity index (χ2v) is 5.31. The fourth-order valence-electron chi connectivity index (χ4n) is 2.66. The lowest BCUT2D eigenvalue weighted by molar-refractivity contribution is 1.07. The summed E-state index contributed by atoms with van der Waals surface area (Å²) in [5.74, 6) is 1.37. The van der Waals surface area contributed by atoms with Crippen LogP contribution in [0.1, 0.15) is 0 Å². The first kappa shape index (κ1) is 12.2. The van der Waals surface area contributed by atoms with Crippen LogP contribution in [0.2, 0.25) is 0 Å². The molecular weight excluding hydrogens is 288 g/mol. The SMILES string of the molecule is c1ccc2[n-]c(-c3cc(-c4nc5ccccc5[nH]4)[nH]n3)nc2c1. The van der Waals surface area contributed by atoms with E-state index in [-0.39, 0.29) is 0 Å². The summed E-state index contributed by atoms with van der Waals surface area (Å²) in [5, 5.41) is 7.32. The van der Waals surface area contributed by atoms with Crippen molar-refractivity contribution in [2.75, 3.05) is 0 Å². The monoisotopic (exact) mass is 299 g/mol. The van der Waals surface area contributed by atoms with E-state index in [0.29, 0.717) is 11.5 Å². The van der Waals surface area contributed by atoms with Crippen LogP contribution < -0.4 is 4.98 Å². The van der Waals surface area contributed by atoms with Crippen LogP contribution in [0.5, 0.6) is 0 Å². The van der Waals surface area contributed by atoms with Gasteiger partial charge in [-0.1, -0.05) is 36.4 Å². The fourth-order valence-corrected chi connectivity index (χ4v) is 2.66. The largest absolute Gasteiger partial charge is 0.434 e. The van der Waals surface area contributed by atoms with Crippen LogP contribution in [0, 0.1) is 0 Å².